The van der Waals surface area contributed by atoms with E-state index in [2.05, 4.69) is 65.3 Å². The van der Waals surface area contributed by atoms with E-state index in [1.54, 1.807) is 11.3 Å². The molecule has 4 heteroatoms. The molecule has 1 unspecified atom stereocenters. The monoisotopic (exact) mass is 391 g/mol. The third-order valence-electron chi connectivity index (χ3n) is 2.89. The summed E-state index contributed by atoms with van der Waals surface area (Å²) in [6, 6.07) is 8.51. The zero-order valence-corrected chi connectivity index (χ0v) is 14.1. The number of aryl methyl sites for hydroxylation is 1. The Labute approximate surface area is 131 Å². The molecule has 1 N–H and O–H groups in total. The van der Waals surface area contributed by atoms with Crippen LogP contribution in [-0.2, 0) is 0 Å². The quantitative estimate of drug-likeness (QED) is 0.722. The van der Waals surface area contributed by atoms with Crippen molar-refractivity contribution in [3.63, 3.8) is 0 Å². The van der Waals surface area contributed by atoms with E-state index in [1.807, 2.05) is 6.07 Å². The summed E-state index contributed by atoms with van der Waals surface area (Å²) >= 11 is 10.3. The number of nitrogens with one attached hydrogen (secondary N) is 1. The molecule has 0 bridgehead atoms. The van der Waals surface area contributed by atoms with Gasteiger partial charge in [0.05, 0.1) is 6.04 Å². The van der Waals surface area contributed by atoms with Crippen molar-refractivity contribution >= 4 is 45.5 Å². The fourth-order valence-corrected chi connectivity index (χ4v) is 3.59. The van der Waals surface area contributed by atoms with Crippen LogP contribution in [0, 0.1) is 10.5 Å². The Morgan fingerprint density at radius 1 is 1.33 bits per heavy atom. The minimum atomic E-state index is 0.229. The van der Waals surface area contributed by atoms with Gasteiger partial charge in [-0.2, -0.15) is 0 Å². The predicted molar refractivity (Wildman–Crippen MR) is 88.7 cm³/mol. The van der Waals surface area contributed by atoms with Gasteiger partial charge < -0.3 is 5.32 Å². The summed E-state index contributed by atoms with van der Waals surface area (Å²) in [7, 11) is 0. The van der Waals surface area contributed by atoms with Gasteiger partial charge in [0.1, 0.15) is 0 Å². The summed E-state index contributed by atoms with van der Waals surface area (Å²) in [6.45, 7) is 5.23. The van der Waals surface area contributed by atoms with Gasteiger partial charge in [-0.3, -0.25) is 0 Å². The SMILES string of the molecule is CCNC(c1cc(Cl)ccc1I)c1ccsc1C. The van der Waals surface area contributed by atoms with Crippen molar-refractivity contribution in [2.24, 2.45) is 0 Å². The van der Waals surface area contributed by atoms with Crippen LogP contribution < -0.4 is 5.32 Å². The lowest BCUT2D eigenvalue weighted by molar-refractivity contribution is 0.628. The van der Waals surface area contributed by atoms with Gasteiger partial charge >= 0.3 is 0 Å². The van der Waals surface area contributed by atoms with Crippen molar-refractivity contribution < 1.29 is 0 Å². The highest BCUT2D eigenvalue weighted by atomic mass is 127. The van der Waals surface area contributed by atoms with Crippen molar-refractivity contribution in [1.82, 2.24) is 5.32 Å². The average Bonchev–Trinajstić information content (AvgIpc) is 2.76. The third-order valence-corrected chi connectivity index (χ3v) is 4.97. The maximum atomic E-state index is 6.13. The molecule has 0 aliphatic carbocycles. The molecule has 18 heavy (non-hydrogen) atoms. The number of hydrogen-bond donors (Lipinski definition) is 1. The molecule has 96 valence electrons. The lowest BCUT2D eigenvalue weighted by Gasteiger charge is -2.20. The Morgan fingerprint density at radius 3 is 2.72 bits per heavy atom. The summed E-state index contributed by atoms with van der Waals surface area (Å²) in [5, 5.41) is 6.49. The minimum Gasteiger partial charge on any atom is -0.306 e. The maximum absolute atomic E-state index is 6.13. The number of halogens is 2. The Bertz CT molecular complexity index is 538. The van der Waals surface area contributed by atoms with Crippen LogP contribution in [0.25, 0.3) is 0 Å². The summed E-state index contributed by atoms with van der Waals surface area (Å²) in [4.78, 5) is 1.36. The van der Waals surface area contributed by atoms with Crippen LogP contribution in [0.3, 0.4) is 0 Å². The molecule has 0 amide bonds. The van der Waals surface area contributed by atoms with Crippen LogP contribution in [0.4, 0.5) is 0 Å². The highest BCUT2D eigenvalue weighted by Crippen LogP contribution is 2.32. The summed E-state index contributed by atoms with van der Waals surface area (Å²) in [5.41, 5.74) is 2.61. The molecule has 1 nitrogen and oxygen atoms in total. The van der Waals surface area contributed by atoms with Crippen LogP contribution in [-0.4, -0.2) is 6.54 Å². The topological polar surface area (TPSA) is 12.0 Å². The van der Waals surface area contributed by atoms with Gasteiger partial charge in [0.2, 0.25) is 0 Å². The highest BCUT2D eigenvalue weighted by molar-refractivity contribution is 14.1. The predicted octanol–water partition coefficient (Wildman–Crippen LogP) is 5.01. The van der Waals surface area contributed by atoms with Crippen molar-refractivity contribution in [2.45, 2.75) is 19.9 Å². The molecule has 0 aliphatic rings. The third kappa shape index (κ3) is 3.07. The molecule has 0 aliphatic heterocycles. The van der Waals surface area contributed by atoms with Gasteiger partial charge in [0, 0.05) is 13.5 Å². The number of rotatable bonds is 4. The number of hydrogen-bond acceptors (Lipinski definition) is 2. The molecule has 2 rings (SSSR count). The molecule has 0 radical (unpaired) electrons. The number of thiophene rings is 1. The highest BCUT2D eigenvalue weighted by Gasteiger charge is 2.18. The lowest BCUT2D eigenvalue weighted by atomic mass is 9.99. The Morgan fingerprint density at radius 2 is 2.11 bits per heavy atom. The maximum Gasteiger partial charge on any atom is 0.0598 e. The molecular weight excluding hydrogens is 377 g/mol. The van der Waals surface area contributed by atoms with Crippen molar-refractivity contribution in [1.29, 1.82) is 0 Å². The zero-order valence-electron chi connectivity index (χ0n) is 10.3. The van der Waals surface area contributed by atoms with Crippen molar-refractivity contribution in [3.05, 3.63) is 54.2 Å². The van der Waals surface area contributed by atoms with Crippen LogP contribution in [0.15, 0.2) is 29.6 Å². The Balaban J connectivity index is 2.48. The first-order valence-corrected chi connectivity index (χ1v) is 8.19. The smallest absolute Gasteiger partial charge is 0.0598 e. The van der Waals surface area contributed by atoms with Gasteiger partial charge in [-0.05, 0) is 76.8 Å². The van der Waals surface area contributed by atoms with E-state index in [-0.39, 0.29) is 6.04 Å². The molecule has 1 aromatic heterocycles. The van der Waals surface area contributed by atoms with Gasteiger partial charge in [-0.15, -0.1) is 11.3 Å². The van der Waals surface area contributed by atoms with Gasteiger partial charge in [0.25, 0.3) is 0 Å². The average molecular weight is 392 g/mol. The molecule has 0 fully saturated rings. The molecule has 0 saturated heterocycles. The normalized spacial score (nSPS) is 12.7. The second-order valence-electron chi connectivity index (χ2n) is 4.09. The van der Waals surface area contributed by atoms with Crippen LogP contribution in [0.5, 0.6) is 0 Å². The molecule has 1 heterocycles. The van der Waals surface area contributed by atoms with E-state index in [9.17, 15) is 0 Å². The van der Waals surface area contributed by atoms with Crippen molar-refractivity contribution in [2.75, 3.05) is 6.54 Å². The summed E-state index contributed by atoms with van der Waals surface area (Å²) in [5.74, 6) is 0. The first kappa shape index (κ1) is 14.3. The van der Waals surface area contributed by atoms with Gasteiger partial charge in [-0.25, -0.2) is 0 Å². The second-order valence-corrected chi connectivity index (χ2v) is 6.81. The Kier molecular flexibility index (Phi) is 5.06. The van der Waals surface area contributed by atoms with Crippen LogP contribution in [0.1, 0.15) is 29.0 Å². The standard InChI is InChI=1S/C14H15ClINS/c1-3-17-14(11-6-7-18-9(11)2)12-8-10(15)4-5-13(12)16/h4-8,14,17H,3H2,1-2H3. The van der Waals surface area contributed by atoms with E-state index in [0.29, 0.717) is 0 Å². The number of benzene rings is 1. The summed E-state index contributed by atoms with van der Waals surface area (Å²) < 4.78 is 1.24. The van der Waals surface area contributed by atoms with Gasteiger partial charge in [0.15, 0.2) is 0 Å². The van der Waals surface area contributed by atoms with Gasteiger partial charge in [-0.1, -0.05) is 18.5 Å². The van der Waals surface area contributed by atoms with E-state index in [4.69, 9.17) is 11.6 Å². The molecule has 0 spiro atoms. The minimum absolute atomic E-state index is 0.229. The fraction of sp³-hybridized carbons (Fsp3) is 0.286. The summed E-state index contributed by atoms with van der Waals surface area (Å²) in [6.07, 6.45) is 0. The molecule has 1 atom stereocenters. The van der Waals surface area contributed by atoms with E-state index >= 15 is 0 Å². The second kappa shape index (κ2) is 6.37. The molecule has 0 saturated carbocycles. The lowest BCUT2D eigenvalue weighted by Crippen LogP contribution is -2.23. The molecule has 2 aromatic rings. The fourth-order valence-electron chi connectivity index (χ4n) is 2.02. The van der Waals surface area contributed by atoms with E-state index in [1.165, 1.54) is 19.6 Å². The van der Waals surface area contributed by atoms with E-state index < -0.39 is 0 Å². The van der Waals surface area contributed by atoms with Crippen LogP contribution >= 0.6 is 45.5 Å². The molecule has 1 aromatic carbocycles. The largest absolute Gasteiger partial charge is 0.306 e. The zero-order chi connectivity index (χ0) is 13.1. The Hall–Kier alpha value is -0.100. The van der Waals surface area contributed by atoms with E-state index in [0.717, 1.165) is 11.6 Å². The molecular formula is C14H15ClINS. The van der Waals surface area contributed by atoms with Crippen LogP contribution in [0.2, 0.25) is 5.02 Å². The first-order valence-electron chi connectivity index (χ1n) is 5.85. The first-order chi connectivity index (χ1) is 8.63. The van der Waals surface area contributed by atoms with Crippen molar-refractivity contribution in [3.8, 4) is 0 Å².